The first-order valence-corrected chi connectivity index (χ1v) is 12.9. The Balaban J connectivity index is 1.63. The van der Waals surface area contributed by atoms with Gasteiger partial charge >= 0.3 is 0 Å². The van der Waals surface area contributed by atoms with E-state index in [4.69, 9.17) is 9.47 Å². The SMILES string of the molecule is COc1ccc(CCN2C(=O)c3[nH]nc(-c4cc(C)cc(C)c4O)c3C2c2cc(Br)c(O)c(OC)c2)cc1. The Kier molecular flexibility index (Phi) is 6.79. The van der Waals surface area contributed by atoms with Gasteiger partial charge in [-0.1, -0.05) is 18.2 Å². The predicted molar refractivity (Wildman–Crippen MR) is 147 cm³/mol. The number of nitrogens with one attached hydrogen (secondary N) is 1. The largest absolute Gasteiger partial charge is 0.507 e. The highest BCUT2D eigenvalue weighted by molar-refractivity contribution is 9.10. The number of aromatic nitrogens is 2. The van der Waals surface area contributed by atoms with Crippen molar-refractivity contribution in [2.45, 2.75) is 26.3 Å². The van der Waals surface area contributed by atoms with Gasteiger partial charge in [0.05, 0.1) is 24.7 Å². The number of amides is 1. The summed E-state index contributed by atoms with van der Waals surface area (Å²) in [6.45, 7) is 4.22. The molecule has 0 spiro atoms. The van der Waals surface area contributed by atoms with Crippen LogP contribution in [0.4, 0.5) is 0 Å². The van der Waals surface area contributed by atoms with Crippen molar-refractivity contribution < 1.29 is 24.5 Å². The number of hydrogen-bond donors (Lipinski definition) is 3. The summed E-state index contributed by atoms with van der Waals surface area (Å²) >= 11 is 3.43. The lowest BCUT2D eigenvalue weighted by Gasteiger charge is -2.27. The van der Waals surface area contributed by atoms with E-state index >= 15 is 0 Å². The van der Waals surface area contributed by atoms with Crippen LogP contribution in [0.25, 0.3) is 11.3 Å². The normalized spacial score (nSPS) is 14.6. The van der Waals surface area contributed by atoms with Crippen molar-refractivity contribution in [1.82, 2.24) is 15.1 Å². The fourth-order valence-electron chi connectivity index (χ4n) is 5.07. The third kappa shape index (κ3) is 4.36. The Morgan fingerprint density at radius 2 is 1.76 bits per heavy atom. The molecule has 1 atom stereocenters. The standard InChI is InChI=1S/C29H28BrN3O5/c1-15-11-16(2)27(34)20(12-15)24-23-25(32-31-24)29(36)33(10-9-17-5-7-19(37-3)8-6-17)26(23)18-13-21(30)28(35)22(14-18)38-4/h5-8,11-14,26,34-35H,9-10H2,1-4H3,(H,31,32). The maximum Gasteiger partial charge on any atom is 0.273 e. The van der Waals surface area contributed by atoms with Gasteiger partial charge in [-0.2, -0.15) is 5.10 Å². The molecular weight excluding hydrogens is 550 g/mol. The van der Waals surface area contributed by atoms with Crippen molar-refractivity contribution in [3.05, 3.63) is 86.5 Å². The predicted octanol–water partition coefficient (Wildman–Crippen LogP) is 5.67. The highest BCUT2D eigenvalue weighted by atomic mass is 79.9. The fraction of sp³-hybridized carbons (Fsp3) is 0.241. The molecule has 0 radical (unpaired) electrons. The number of benzene rings is 3. The fourth-order valence-corrected chi connectivity index (χ4v) is 5.53. The summed E-state index contributed by atoms with van der Waals surface area (Å²) in [5.41, 5.74) is 5.60. The summed E-state index contributed by atoms with van der Waals surface area (Å²) in [6, 6.07) is 14.5. The van der Waals surface area contributed by atoms with Crippen molar-refractivity contribution in [2.24, 2.45) is 0 Å². The first-order valence-electron chi connectivity index (χ1n) is 12.1. The Labute approximate surface area is 229 Å². The zero-order valence-corrected chi connectivity index (χ0v) is 23.1. The third-order valence-corrected chi connectivity index (χ3v) is 7.56. The van der Waals surface area contributed by atoms with E-state index in [0.29, 0.717) is 40.0 Å². The molecule has 3 N–H and O–H groups in total. The number of phenolic OH excluding ortho intramolecular Hbond substituents is 2. The minimum atomic E-state index is -0.532. The van der Waals surface area contributed by atoms with Gasteiger partial charge in [0.1, 0.15) is 22.9 Å². The van der Waals surface area contributed by atoms with Gasteiger partial charge in [-0.15, -0.1) is 0 Å². The summed E-state index contributed by atoms with van der Waals surface area (Å²) < 4.78 is 11.1. The van der Waals surface area contributed by atoms with Crippen LogP contribution >= 0.6 is 15.9 Å². The smallest absolute Gasteiger partial charge is 0.273 e. The molecule has 38 heavy (non-hydrogen) atoms. The number of fused-ring (bicyclic) bond motifs is 1. The van der Waals surface area contributed by atoms with E-state index < -0.39 is 6.04 Å². The molecule has 196 valence electrons. The minimum Gasteiger partial charge on any atom is -0.507 e. The number of aromatic amines is 1. The molecule has 1 aliphatic rings. The number of aryl methyl sites for hydroxylation is 2. The number of nitrogens with zero attached hydrogens (tertiary/aromatic N) is 2. The van der Waals surface area contributed by atoms with E-state index in [1.54, 1.807) is 24.1 Å². The Bertz CT molecular complexity index is 1530. The van der Waals surface area contributed by atoms with Crippen LogP contribution in [-0.4, -0.2) is 52.0 Å². The zero-order valence-electron chi connectivity index (χ0n) is 21.5. The summed E-state index contributed by atoms with van der Waals surface area (Å²) in [4.78, 5) is 15.5. The van der Waals surface area contributed by atoms with E-state index in [9.17, 15) is 15.0 Å². The molecule has 0 saturated carbocycles. The Morgan fingerprint density at radius 3 is 2.45 bits per heavy atom. The quantitative estimate of drug-likeness (QED) is 0.261. The number of carbonyl (C=O) groups excluding carboxylic acids is 1. The van der Waals surface area contributed by atoms with Crippen LogP contribution in [0.5, 0.6) is 23.0 Å². The Morgan fingerprint density at radius 1 is 1.03 bits per heavy atom. The van der Waals surface area contributed by atoms with E-state index in [2.05, 4.69) is 26.1 Å². The molecule has 9 heteroatoms. The second-order valence-electron chi connectivity index (χ2n) is 9.39. The molecule has 1 amide bonds. The molecule has 1 unspecified atom stereocenters. The number of H-pyrrole nitrogens is 1. The molecule has 1 aliphatic heterocycles. The van der Waals surface area contributed by atoms with Crippen molar-refractivity contribution in [3.8, 4) is 34.3 Å². The molecule has 8 nitrogen and oxygen atoms in total. The monoisotopic (exact) mass is 577 g/mol. The molecule has 0 saturated heterocycles. The molecule has 0 fully saturated rings. The van der Waals surface area contributed by atoms with Crippen LogP contribution in [0.2, 0.25) is 0 Å². The second kappa shape index (κ2) is 10.1. The van der Waals surface area contributed by atoms with Gasteiger partial charge in [0.15, 0.2) is 11.5 Å². The number of rotatable bonds is 7. The molecular formula is C29H28BrN3O5. The summed E-state index contributed by atoms with van der Waals surface area (Å²) in [7, 11) is 3.11. The van der Waals surface area contributed by atoms with Crippen LogP contribution in [0, 0.1) is 13.8 Å². The summed E-state index contributed by atoms with van der Waals surface area (Å²) in [5.74, 6) is 0.958. The van der Waals surface area contributed by atoms with E-state index in [1.807, 2.05) is 50.2 Å². The van der Waals surface area contributed by atoms with Crippen molar-refractivity contribution in [2.75, 3.05) is 20.8 Å². The van der Waals surface area contributed by atoms with E-state index in [-0.39, 0.29) is 23.2 Å². The second-order valence-corrected chi connectivity index (χ2v) is 10.2. The summed E-state index contributed by atoms with van der Waals surface area (Å²) in [5, 5.41) is 28.8. The number of phenols is 2. The van der Waals surface area contributed by atoms with E-state index in [1.165, 1.54) is 7.11 Å². The van der Waals surface area contributed by atoms with Crippen LogP contribution in [0.15, 0.2) is 53.0 Å². The van der Waals surface area contributed by atoms with Crippen molar-refractivity contribution >= 4 is 21.8 Å². The minimum absolute atomic E-state index is 0.0232. The van der Waals surface area contributed by atoms with Gasteiger partial charge in [-0.05, 0) is 88.8 Å². The maximum atomic E-state index is 13.8. The maximum absolute atomic E-state index is 13.8. The topological polar surface area (TPSA) is 108 Å². The lowest BCUT2D eigenvalue weighted by molar-refractivity contribution is 0.0745. The number of ether oxygens (including phenoxy) is 2. The van der Waals surface area contributed by atoms with Crippen LogP contribution in [0.3, 0.4) is 0 Å². The highest BCUT2D eigenvalue weighted by Gasteiger charge is 2.43. The molecule has 0 bridgehead atoms. The van der Waals surface area contributed by atoms with Crippen LogP contribution in [0.1, 0.15) is 44.3 Å². The number of halogens is 1. The molecule has 2 heterocycles. The van der Waals surface area contributed by atoms with Gasteiger partial charge in [0.25, 0.3) is 5.91 Å². The third-order valence-electron chi connectivity index (χ3n) is 6.95. The average molecular weight is 578 g/mol. The molecule has 3 aromatic carbocycles. The molecule has 4 aromatic rings. The average Bonchev–Trinajstić information content (AvgIpc) is 3.45. The van der Waals surface area contributed by atoms with Crippen LogP contribution < -0.4 is 9.47 Å². The highest BCUT2D eigenvalue weighted by Crippen LogP contribution is 2.47. The number of hydrogen-bond acceptors (Lipinski definition) is 6. The van der Waals surface area contributed by atoms with Gasteiger partial charge in [-0.3, -0.25) is 9.89 Å². The first kappa shape index (κ1) is 25.7. The first-order chi connectivity index (χ1) is 18.2. The number of aromatic hydroxyl groups is 2. The Hall–Kier alpha value is -3.98. The van der Waals surface area contributed by atoms with E-state index in [0.717, 1.165) is 28.0 Å². The number of carbonyl (C=O) groups is 1. The van der Waals surface area contributed by atoms with Gasteiger partial charge in [0.2, 0.25) is 0 Å². The van der Waals surface area contributed by atoms with Gasteiger partial charge < -0.3 is 24.6 Å². The lowest BCUT2D eigenvalue weighted by Crippen LogP contribution is -2.31. The zero-order chi connectivity index (χ0) is 27.1. The van der Waals surface area contributed by atoms with Gasteiger partial charge in [-0.25, -0.2) is 0 Å². The number of methoxy groups -OCH3 is 2. The van der Waals surface area contributed by atoms with Crippen molar-refractivity contribution in [1.29, 1.82) is 0 Å². The van der Waals surface area contributed by atoms with Crippen LogP contribution in [-0.2, 0) is 6.42 Å². The molecule has 5 rings (SSSR count). The van der Waals surface area contributed by atoms with Gasteiger partial charge in [0, 0.05) is 17.7 Å². The molecule has 0 aliphatic carbocycles. The molecule has 1 aromatic heterocycles. The van der Waals surface area contributed by atoms with Crippen molar-refractivity contribution in [3.63, 3.8) is 0 Å². The lowest BCUT2D eigenvalue weighted by atomic mass is 9.93. The summed E-state index contributed by atoms with van der Waals surface area (Å²) in [6.07, 6.45) is 0.616.